The molecule has 2 aliphatic carbocycles. The van der Waals surface area contributed by atoms with Crippen LogP contribution in [0.5, 0.6) is 0 Å². The third kappa shape index (κ3) is 6.88. The first-order valence-corrected chi connectivity index (χ1v) is 20.2. The van der Waals surface area contributed by atoms with Crippen molar-refractivity contribution in [3.63, 3.8) is 0 Å². The van der Waals surface area contributed by atoms with Crippen LogP contribution in [-0.2, 0) is 23.9 Å². The lowest BCUT2D eigenvalue weighted by Crippen LogP contribution is -2.31. The van der Waals surface area contributed by atoms with E-state index in [1.165, 1.54) is 0 Å². The summed E-state index contributed by atoms with van der Waals surface area (Å²) in [5, 5.41) is 66.1. The van der Waals surface area contributed by atoms with E-state index in [9.17, 15) is 10.2 Å². The zero-order valence-corrected chi connectivity index (χ0v) is 34.1. The predicted octanol–water partition coefficient (Wildman–Crippen LogP) is 1.31. The maximum absolute atomic E-state index is 10.9. The van der Waals surface area contributed by atoms with Gasteiger partial charge in [0.15, 0.2) is 34.3 Å². The maximum Gasteiger partial charge on any atom is 0.207 e. The number of nitrogens with zero attached hydrogens (tertiary/aromatic N) is 20. The number of β-amino-alcohol motifs (C(OH)–C–C–N with tert-alkyl or cyclic N) is 2. The number of hydrogen-bond donors (Lipinski definition) is 2. The van der Waals surface area contributed by atoms with Crippen LogP contribution in [0.4, 0.5) is 11.6 Å². The number of anilines is 2. The molecule has 22 nitrogen and oxygen atoms in total. The molecule has 0 amide bonds. The zero-order valence-electron chi connectivity index (χ0n) is 34.1. The van der Waals surface area contributed by atoms with Gasteiger partial charge >= 0.3 is 0 Å². The van der Waals surface area contributed by atoms with Crippen molar-refractivity contribution in [1.82, 2.24) is 90.3 Å². The SMILES string of the molecule is CC1(O)CCN(c2nc(C(C)(C)C)nc3nn(Cc4nnnn4C4CC4CC(C)(C)c4nc(N5CCC(C)(O)C5)c5nn(Cc6nnnn6C6CC6)nc5n4)nc23)C1. The summed E-state index contributed by atoms with van der Waals surface area (Å²) in [5.74, 6) is 4.30. The topological polar surface area (TPSA) is 247 Å². The molecule has 6 aromatic heterocycles. The number of aliphatic hydroxyl groups is 2. The third-order valence-electron chi connectivity index (χ3n) is 11.9. The second kappa shape index (κ2) is 12.8. The number of tetrazole rings is 2. The van der Waals surface area contributed by atoms with Crippen LogP contribution < -0.4 is 9.80 Å². The first-order valence-electron chi connectivity index (χ1n) is 20.2. The van der Waals surface area contributed by atoms with Gasteiger partial charge in [-0.1, -0.05) is 34.6 Å². The van der Waals surface area contributed by atoms with E-state index in [0.29, 0.717) is 109 Å². The van der Waals surface area contributed by atoms with Crippen molar-refractivity contribution in [2.75, 3.05) is 36.0 Å². The lowest BCUT2D eigenvalue weighted by atomic mass is 9.85. The molecule has 58 heavy (non-hydrogen) atoms. The van der Waals surface area contributed by atoms with E-state index in [-0.39, 0.29) is 23.9 Å². The van der Waals surface area contributed by atoms with Crippen molar-refractivity contribution in [3.8, 4) is 0 Å². The second-order valence-corrected chi connectivity index (χ2v) is 19.1. The number of hydrogen-bond acceptors (Lipinski definition) is 18. The predicted molar refractivity (Wildman–Crippen MR) is 207 cm³/mol. The van der Waals surface area contributed by atoms with Crippen molar-refractivity contribution in [3.05, 3.63) is 23.3 Å². The molecule has 2 N–H and O–H groups in total. The molecular weight excluding hydrogens is 745 g/mol. The highest BCUT2D eigenvalue weighted by Gasteiger charge is 2.46. The molecule has 4 fully saturated rings. The van der Waals surface area contributed by atoms with Crippen LogP contribution >= 0.6 is 0 Å². The molecule has 0 radical (unpaired) electrons. The Morgan fingerprint density at radius 1 is 0.672 bits per heavy atom. The molecule has 8 heterocycles. The van der Waals surface area contributed by atoms with E-state index in [2.05, 4.69) is 75.5 Å². The molecule has 4 unspecified atom stereocenters. The molecule has 6 aromatic rings. The summed E-state index contributed by atoms with van der Waals surface area (Å²) in [4.78, 5) is 27.3. The van der Waals surface area contributed by atoms with E-state index in [1.54, 1.807) is 9.59 Å². The van der Waals surface area contributed by atoms with E-state index in [1.807, 2.05) is 23.2 Å². The standard InChI is InChI=1S/C36H50N20O2/c1-33(2,3)31-37-27-25(29(39-31)51-12-10-35(6,57)18-51)43-54(45-27)17-24-42-48-50-56(24)22-14-20(22)15-34(4,5)32-38-28-26(30(40-32)52-13-11-36(7,58)19-52)44-53(46-28)16-23-41-47-49-55(23)21-8-9-21/h20-22,57-58H,8-19H2,1-7H3. The normalized spacial score (nSPS) is 25.3. The fourth-order valence-corrected chi connectivity index (χ4v) is 8.39. The highest BCUT2D eigenvalue weighted by atomic mass is 16.3. The Morgan fingerprint density at radius 3 is 1.71 bits per heavy atom. The molecule has 2 aliphatic heterocycles. The Kier molecular flexibility index (Phi) is 8.15. The minimum absolute atomic E-state index is 0.0825. The van der Waals surface area contributed by atoms with Gasteiger partial charge in [0, 0.05) is 37.0 Å². The highest BCUT2D eigenvalue weighted by molar-refractivity contribution is 5.83. The average Bonchev–Trinajstić information content (AvgIpc) is 3.61. The molecule has 2 saturated carbocycles. The summed E-state index contributed by atoms with van der Waals surface area (Å²) in [7, 11) is 0. The lowest BCUT2D eigenvalue weighted by Gasteiger charge is -2.26. The quantitative estimate of drug-likeness (QED) is 0.188. The molecule has 2 saturated heterocycles. The van der Waals surface area contributed by atoms with Crippen molar-refractivity contribution in [1.29, 1.82) is 0 Å². The van der Waals surface area contributed by atoms with Crippen LogP contribution in [0.1, 0.15) is 122 Å². The van der Waals surface area contributed by atoms with Gasteiger partial charge in [0.2, 0.25) is 11.3 Å². The molecule has 0 aromatic carbocycles. The van der Waals surface area contributed by atoms with Gasteiger partial charge in [-0.15, -0.1) is 30.6 Å². The monoisotopic (exact) mass is 794 g/mol. The fourth-order valence-electron chi connectivity index (χ4n) is 8.39. The molecule has 0 spiro atoms. The summed E-state index contributed by atoms with van der Waals surface area (Å²) >= 11 is 0. The largest absolute Gasteiger partial charge is 0.388 e. The average molecular weight is 795 g/mol. The minimum Gasteiger partial charge on any atom is -0.388 e. The van der Waals surface area contributed by atoms with Gasteiger partial charge < -0.3 is 20.0 Å². The van der Waals surface area contributed by atoms with Gasteiger partial charge in [-0.3, -0.25) is 0 Å². The van der Waals surface area contributed by atoms with Crippen molar-refractivity contribution >= 4 is 34.0 Å². The van der Waals surface area contributed by atoms with E-state index >= 15 is 0 Å². The van der Waals surface area contributed by atoms with Crippen LogP contribution in [0.3, 0.4) is 0 Å². The third-order valence-corrected chi connectivity index (χ3v) is 11.9. The van der Waals surface area contributed by atoms with Crippen LogP contribution in [0, 0.1) is 5.92 Å². The number of rotatable bonds is 11. The minimum atomic E-state index is -0.834. The molecule has 22 heteroatoms. The van der Waals surface area contributed by atoms with Gasteiger partial charge in [0.25, 0.3) is 0 Å². The Morgan fingerprint density at radius 2 is 1.19 bits per heavy atom. The molecule has 4 atom stereocenters. The van der Waals surface area contributed by atoms with Crippen molar-refractivity contribution in [2.45, 2.75) is 134 Å². The zero-order chi connectivity index (χ0) is 40.4. The summed E-state index contributed by atoms with van der Waals surface area (Å²) < 4.78 is 3.75. The Hall–Kier alpha value is -5.38. The van der Waals surface area contributed by atoms with Gasteiger partial charge in [0.05, 0.1) is 23.3 Å². The van der Waals surface area contributed by atoms with Crippen LogP contribution in [-0.4, -0.2) is 138 Å². The molecule has 0 bridgehead atoms. The van der Waals surface area contributed by atoms with Crippen LogP contribution in [0.2, 0.25) is 0 Å². The van der Waals surface area contributed by atoms with Gasteiger partial charge in [-0.25, -0.2) is 29.3 Å². The summed E-state index contributed by atoms with van der Waals surface area (Å²) in [6, 6.07) is 0.409. The lowest BCUT2D eigenvalue weighted by molar-refractivity contribution is 0.0833. The summed E-state index contributed by atoms with van der Waals surface area (Å²) in [5.41, 5.74) is -0.222. The number of aromatic nitrogens is 18. The van der Waals surface area contributed by atoms with Crippen LogP contribution in [0.15, 0.2) is 0 Å². The first kappa shape index (κ1) is 36.9. The van der Waals surface area contributed by atoms with Crippen molar-refractivity contribution in [2.24, 2.45) is 5.92 Å². The summed E-state index contributed by atoms with van der Waals surface area (Å²) in [6.07, 6.45) is 5.06. The van der Waals surface area contributed by atoms with E-state index < -0.39 is 16.6 Å². The first-order chi connectivity index (χ1) is 27.5. The highest BCUT2D eigenvalue weighted by Crippen LogP contribution is 2.50. The van der Waals surface area contributed by atoms with Gasteiger partial charge in [0.1, 0.15) is 24.7 Å². The molecule has 306 valence electrons. The Labute approximate surface area is 333 Å². The van der Waals surface area contributed by atoms with Crippen LogP contribution in [0.25, 0.3) is 22.3 Å². The smallest absolute Gasteiger partial charge is 0.207 e. The molecule has 4 aliphatic rings. The maximum atomic E-state index is 10.9. The van der Waals surface area contributed by atoms with Gasteiger partial charge in [-0.05, 0) is 79.1 Å². The Bertz CT molecular complexity index is 2520. The van der Waals surface area contributed by atoms with Gasteiger partial charge in [-0.2, -0.15) is 9.59 Å². The van der Waals surface area contributed by atoms with E-state index in [0.717, 1.165) is 25.7 Å². The van der Waals surface area contributed by atoms with E-state index in [4.69, 9.17) is 40.3 Å². The second-order valence-electron chi connectivity index (χ2n) is 19.1. The summed E-state index contributed by atoms with van der Waals surface area (Å²) in [6.45, 7) is 17.0. The molecule has 10 rings (SSSR count). The van der Waals surface area contributed by atoms with Crippen molar-refractivity contribution < 1.29 is 10.2 Å². The fraction of sp³-hybridized carbons (Fsp3) is 0.722. The Balaban J connectivity index is 0.896. The molecular formula is C36H50N20O2. The number of fused-ring (bicyclic) bond motifs is 2.